The number of benzene rings is 1. The molecule has 1 heterocycles. The molecular formula is C15H21NO. The third-order valence-corrected chi connectivity index (χ3v) is 3.53. The van der Waals surface area contributed by atoms with E-state index < -0.39 is 0 Å². The number of ketones is 1. The molecule has 0 atom stereocenters. The first-order chi connectivity index (χ1) is 8.25. The highest BCUT2D eigenvalue weighted by atomic mass is 16.1. The van der Waals surface area contributed by atoms with Crippen LogP contribution in [0.5, 0.6) is 0 Å². The van der Waals surface area contributed by atoms with Crippen LogP contribution in [0.2, 0.25) is 0 Å². The van der Waals surface area contributed by atoms with Crippen molar-refractivity contribution in [2.24, 2.45) is 0 Å². The zero-order chi connectivity index (χ0) is 12.1. The van der Waals surface area contributed by atoms with Crippen LogP contribution in [-0.4, -0.2) is 18.9 Å². The number of aryl methyl sites for hydroxylation is 1. The van der Waals surface area contributed by atoms with Gasteiger partial charge in [-0.15, -0.1) is 0 Å². The van der Waals surface area contributed by atoms with Gasteiger partial charge < -0.3 is 10.1 Å². The Kier molecular flexibility index (Phi) is 4.32. The van der Waals surface area contributed by atoms with E-state index in [1.165, 1.54) is 24.0 Å². The molecule has 0 saturated carbocycles. The van der Waals surface area contributed by atoms with E-state index in [0.29, 0.717) is 12.3 Å². The van der Waals surface area contributed by atoms with Crippen LogP contribution in [0, 0.1) is 0 Å². The minimum Gasteiger partial charge on any atom is -0.317 e. The van der Waals surface area contributed by atoms with Crippen molar-refractivity contribution in [2.75, 3.05) is 13.1 Å². The SMILES string of the molecule is CC(=O)CCc1cccc(C2CCNCC2)c1. The molecule has 0 amide bonds. The van der Waals surface area contributed by atoms with E-state index in [1.54, 1.807) is 6.92 Å². The number of piperidine rings is 1. The summed E-state index contributed by atoms with van der Waals surface area (Å²) in [7, 11) is 0. The van der Waals surface area contributed by atoms with Crippen LogP contribution >= 0.6 is 0 Å². The maximum Gasteiger partial charge on any atom is 0.130 e. The first-order valence-electron chi connectivity index (χ1n) is 6.54. The molecule has 2 nitrogen and oxygen atoms in total. The Hall–Kier alpha value is -1.15. The molecule has 0 radical (unpaired) electrons. The lowest BCUT2D eigenvalue weighted by Gasteiger charge is -2.23. The van der Waals surface area contributed by atoms with Crippen molar-refractivity contribution in [1.82, 2.24) is 5.32 Å². The molecule has 92 valence electrons. The summed E-state index contributed by atoms with van der Waals surface area (Å²) in [5.41, 5.74) is 2.75. The summed E-state index contributed by atoms with van der Waals surface area (Å²) in [6, 6.07) is 8.78. The Labute approximate surface area is 103 Å². The minimum absolute atomic E-state index is 0.275. The molecule has 0 aromatic heterocycles. The Morgan fingerprint density at radius 3 is 2.82 bits per heavy atom. The van der Waals surface area contributed by atoms with Gasteiger partial charge in [-0.3, -0.25) is 0 Å². The zero-order valence-corrected chi connectivity index (χ0v) is 10.5. The van der Waals surface area contributed by atoms with E-state index in [0.717, 1.165) is 19.5 Å². The monoisotopic (exact) mass is 231 g/mol. The summed E-state index contributed by atoms with van der Waals surface area (Å²) >= 11 is 0. The Morgan fingerprint density at radius 2 is 2.12 bits per heavy atom. The standard InChI is InChI=1S/C15H21NO/c1-12(17)5-6-13-3-2-4-15(11-13)14-7-9-16-10-8-14/h2-4,11,14,16H,5-10H2,1H3. The average Bonchev–Trinajstić information content (AvgIpc) is 2.38. The van der Waals surface area contributed by atoms with Crippen molar-refractivity contribution in [3.05, 3.63) is 35.4 Å². The minimum atomic E-state index is 0.275. The van der Waals surface area contributed by atoms with E-state index in [2.05, 4.69) is 29.6 Å². The summed E-state index contributed by atoms with van der Waals surface area (Å²) in [5.74, 6) is 0.978. The fraction of sp³-hybridized carbons (Fsp3) is 0.533. The van der Waals surface area contributed by atoms with Crippen molar-refractivity contribution >= 4 is 5.78 Å². The molecule has 1 aliphatic rings. The van der Waals surface area contributed by atoms with Crippen molar-refractivity contribution in [2.45, 2.75) is 38.5 Å². The quantitative estimate of drug-likeness (QED) is 0.863. The van der Waals surface area contributed by atoms with E-state index in [4.69, 9.17) is 0 Å². The summed E-state index contributed by atoms with van der Waals surface area (Å²) in [6.07, 6.45) is 4.01. The molecule has 0 unspecified atom stereocenters. The fourth-order valence-corrected chi connectivity index (χ4v) is 2.48. The molecule has 1 aromatic rings. The van der Waals surface area contributed by atoms with E-state index in [-0.39, 0.29) is 5.78 Å². The first-order valence-corrected chi connectivity index (χ1v) is 6.54. The molecule has 1 fully saturated rings. The third kappa shape index (κ3) is 3.67. The smallest absolute Gasteiger partial charge is 0.130 e. The Morgan fingerprint density at radius 1 is 1.35 bits per heavy atom. The molecule has 1 aromatic carbocycles. The first kappa shape index (κ1) is 12.3. The predicted molar refractivity (Wildman–Crippen MR) is 70.3 cm³/mol. The maximum absolute atomic E-state index is 11.0. The van der Waals surface area contributed by atoms with Crippen molar-refractivity contribution < 1.29 is 4.79 Å². The van der Waals surface area contributed by atoms with Gasteiger partial charge in [-0.2, -0.15) is 0 Å². The van der Waals surface area contributed by atoms with Crippen LogP contribution in [0.25, 0.3) is 0 Å². The molecular weight excluding hydrogens is 210 g/mol. The van der Waals surface area contributed by atoms with Crippen LogP contribution < -0.4 is 5.32 Å². The summed E-state index contributed by atoms with van der Waals surface area (Å²) < 4.78 is 0. The van der Waals surface area contributed by atoms with Gasteiger partial charge in [-0.25, -0.2) is 0 Å². The second kappa shape index (κ2) is 5.97. The Balaban J connectivity index is 2.02. The normalized spacial score (nSPS) is 17.0. The van der Waals surface area contributed by atoms with Crippen molar-refractivity contribution in [3.8, 4) is 0 Å². The van der Waals surface area contributed by atoms with Crippen molar-refractivity contribution in [1.29, 1.82) is 0 Å². The molecule has 1 saturated heterocycles. The van der Waals surface area contributed by atoms with Crippen LogP contribution in [0.15, 0.2) is 24.3 Å². The lowest BCUT2D eigenvalue weighted by atomic mass is 9.89. The molecule has 1 N–H and O–H groups in total. The Bertz CT molecular complexity index is 380. The number of carbonyl (C=O) groups is 1. The average molecular weight is 231 g/mol. The van der Waals surface area contributed by atoms with Crippen LogP contribution in [0.3, 0.4) is 0 Å². The highest BCUT2D eigenvalue weighted by Crippen LogP contribution is 2.25. The van der Waals surface area contributed by atoms with E-state index in [1.807, 2.05) is 0 Å². The number of Topliss-reactive ketones (excluding diaryl/α,β-unsaturated/α-hetero) is 1. The molecule has 2 rings (SSSR count). The molecule has 0 bridgehead atoms. The number of carbonyl (C=O) groups excluding carboxylic acids is 1. The molecule has 0 aliphatic carbocycles. The lowest BCUT2D eigenvalue weighted by Crippen LogP contribution is -2.26. The highest BCUT2D eigenvalue weighted by Gasteiger charge is 2.15. The maximum atomic E-state index is 11.0. The number of hydrogen-bond acceptors (Lipinski definition) is 2. The van der Waals surface area contributed by atoms with E-state index in [9.17, 15) is 4.79 Å². The second-order valence-electron chi connectivity index (χ2n) is 4.97. The van der Waals surface area contributed by atoms with Crippen LogP contribution in [-0.2, 0) is 11.2 Å². The third-order valence-electron chi connectivity index (χ3n) is 3.53. The van der Waals surface area contributed by atoms with Gasteiger partial charge in [0.1, 0.15) is 5.78 Å². The topological polar surface area (TPSA) is 29.1 Å². The fourth-order valence-electron chi connectivity index (χ4n) is 2.48. The molecule has 0 spiro atoms. The van der Waals surface area contributed by atoms with Gasteiger partial charge in [0.2, 0.25) is 0 Å². The number of nitrogens with one attached hydrogen (secondary N) is 1. The largest absolute Gasteiger partial charge is 0.317 e. The highest BCUT2D eigenvalue weighted by molar-refractivity contribution is 5.75. The van der Waals surface area contributed by atoms with Crippen LogP contribution in [0.4, 0.5) is 0 Å². The zero-order valence-electron chi connectivity index (χ0n) is 10.5. The van der Waals surface area contributed by atoms with E-state index >= 15 is 0 Å². The summed E-state index contributed by atoms with van der Waals surface area (Å²) in [5, 5.41) is 3.39. The molecule has 1 aliphatic heterocycles. The van der Waals surface area contributed by atoms with Gasteiger partial charge in [0.05, 0.1) is 0 Å². The number of rotatable bonds is 4. The summed E-state index contributed by atoms with van der Waals surface area (Å²) in [6.45, 7) is 3.92. The predicted octanol–water partition coefficient (Wildman–Crippen LogP) is 2.68. The van der Waals surface area contributed by atoms with Gasteiger partial charge >= 0.3 is 0 Å². The molecule has 2 heteroatoms. The molecule has 17 heavy (non-hydrogen) atoms. The van der Waals surface area contributed by atoms with Gasteiger partial charge in [0.15, 0.2) is 0 Å². The number of hydrogen-bond donors (Lipinski definition) is 1. The summed E-state index contributed by atoms with van der Waals surface area (Å²) in [4.78, 5) is 11.0. The van der Waals surface area contributed by atoms with Gasteiger partial charge in [0, 0.05) is 6.42 Å². The van der Waals surface area contributed by atoms with Crippen molar-refractivity contribution in [3.63, 3.8) is 0 Å². The second-order valence-corrected chi connectivity index (χ2v) is 4.97. The van der Waals surface area contributed by atoms with Crippen LogP contribution in [0.1, 0.15) is 43.2 Å². The van der Waals surface area contributed by atoms with Gasteiger partial charge in [-0.05, 0) is 56.3 Å². The lowest BCUT2D eigenvalue weighted by molar-refractivity contribution is -0.116. The van der Waals surface area contributed by atoms with Gasteiger partial charge in [0.25, 0.3) is 0 Å². The van der Waals surface area contributed by atoms with Gasteiger partial charge in [-0.1, -0.05) is 24.3 Å².